The average molecular weight is 217 g/mol. The van der Waals surface area contributed by atoms with Crippen molar-refractivity contribution >= 4 is 11.9 Å². The number of hydrogen-bond acceptors (Lipinski definition) is 4. The van der Waals surface area contributed by atoms with Gasteiger partial charge in [0.1, 0.15) is 5.75 Å². The van der Waals surface area contributed by atoms with Gasteiger partial charge in [0.15, 0.2) is 5.88 Å². The maximum absolute atomic E-state index is 11.6. The van der Waals surface area contributed by atoms with Crippen molar-refractivity contribution in [1.29, 1.82) is 0 Å². The van der Waals surface area contributed by atoms with E-state index in [0.717, 1.165) is 5.56 Å². The van der Waals surface area contributed by atoms with E-state index in [2.05, 4.69) is 0 Å². The highest BCUT2D eigenvalue weighted by Gasteiger charge is 2.12. The molecule has 1 heterocycles. The highest BCUT2D eigenvalue weighted by atomic mass is 16.5. The van der Waals surface area contributed by atoms with Crippen LogP contribution in [0.2, 0.25) is 0 Å². The topological polar surface area (TPSA) is 65.5 Å². The van der Waals surface area contributed by atoms with Crippen molar-refractivity contribution in [3.63, 3.8) is 0 Å². The number of ether oxygens (including phenoxy) is 1. The zero-order valence-electron chi connectivity index (χ0n) is 8.77. The number of carbonyl (C=O) groups excluding carboxylic acids is 1. The second-order valence-corrected chi connectivity index (χ2v) is 3.41. The minimum absolute atomic E-state index is 0.0963. The van der Waals surface area contributed by atoms with Gasteiger partial charge in [-0.2, -0.15) is 0 Å². The van der Waals surface area contributed by atoms with E-state index in [1.54, 1.807) is 12.1 Å². The van der Waals surface area contributed by atoms with Gasteiger partial charge in [-0.1, -0.05) is 12.1 Å². The minimum atomic E-state index is -0.553. The Labute approximate surface area is 92.6 Å². The van der Waals surface area contributed by atoms with Crippen LogP contribution >= 0.6 is 0 Å². The van der Waals surface area contributed by atoms with Crippen molar-refractivity contribution in [2.45, 2.75) is 6.92 Å². The molecule has 0 fully saturated rings. The van der Waals surface area contributed by atoms with Crippen molar-refractivity contribution in [2.24, 2.45) is 0 Å². The predicted molar refractivity (Wildman–Crippen MR) is 59.3 cm³/mol. The highest BCUT2D eigenvalue weighted by Crippen LogP contribution is 2.16. The molecule has 0 aliphatic heterocycles. The third-order valence-corrected chi connectivity index (χ3v) is 2.03. The lowest BCUT2D eigenvalue weighted by atomic mass is 10.2. The first-order chi connectivity index (χ1) is 7.65. The number of nitrogen functional groups attached to an aromatic ring is 1. The number of furan rings is 1. The Morgan fingerprint density at radius 1 is 1.31 bits per heavy atom. The fraction of sp³-hybridized carbons (Fsp3) is 0.0833. The van der Waals surface area contributed by atoms with Gasteiger partial charge in [0, 0.05) is 6.07 Å². The van der Waals surface area contributed by atoms with Crippen LogP contribution in [-0.2, 0) is 0 Å². The molecule has 2 aromatic rings. The number of esters is 1. The third-order valence-electron chi connectivity index (χ3n) is 2.03. The minimum Gasteiger partial charge on any atom is -0.434 e. The van der Waals surface area contributed by atoms with Crippen LogP contribution in [0.25, 0.3) is 0 Å². The van der Waals surface area contributed by atoms with E-state index >= 15 is 0 Å². The van der Waals surface area contributed by atoms with E-state index in [0.29, 0.717) is 5.75 Å². The molecule has 0 unspecified atom stereocenters. The van der Waals surface area contributed by atoms with Gasteiger partial charge in [-0.3, -0.25) is 0 Å². The lowest BCUT2D eigenvalue weighted by Crippen LogP contribution is -2.07. The lowest BCUT2D eigenvalue weighted by molar-refractivity contribution is 0.0702. The molecule has 0 amide bonds. The van der Waals surface area contributed by atoms with Crippen LogP contribution in [0.5, 0.6) is 5.75 Å². The lowest BCUT2D eigenvalue weighted by Gasteiger charge is -2.02. The molecule has 0 saturated carbocycles. The van der Waals surface area contributed by atoms with Gasteiger partial charge in [-0.05, 0) is 30.7 Å². The van der Waals surface area contributed by atoms with Gasteiger partial charge < -0.3 is 14.9 Å². The number of nitrogens with two attached hydrogens (primary N) is 1. The van der Waals surface area contributed by atoms with Gasteiger partial charge in [0.2, 0.25) is 5.76 Å². The van der Waals surface area contributed by atoms with E-state index in [4.69, 9.17) is 14.9 Å². The summed E-state index contributed by atoms with van der Waals surface area (Å²) in [6.45, 7) is 1.92. The van der Waals surface area contributed by atoms with Crippen molar-refractivity contribution < 1.29 is 13.9 Å². The van der Waals surface area contributed by atoms with Crippen molar-refractivity contribution in [3.05, 3.63) is 47.7 Å². The van der Waals surface area contributed by atoms with Crippen LogP contribution in [0.3, 0.4) is 0 Å². The fourth-order valence-corrected chi connectivity index (χ4v) is 1.30. The molecule has 2 rings (SSSR count). The van der Waals surface area contributed by atoms with Crippen LogP contribution in [-0.4, -0.2) is 5.97 Å². The number of anilines is 1. The van der Waals surface area contributed by atoms with Crippen molar-refractivity contribution in [3.8, 4) is 5.75 Å². The molecule has 82 valence electrons. The molecule has 0 aliphatic carbocycles. The largest absolute Gasteiger partial charge is 0.434 e. The zero-order valence-corrected chi connectivity index (χ0v) is 8.77. The summed E-state index contributed by atoms with van der Waals surface area (Å²) < 4.78 is 10.1. The molecule has 1 aromatic carbocycles. The van der Waals surface area contributed by atoms with Crippen LogP contribution in [0.15, 0.2) is 40.8 Å². The van der Waals surface area contributed by atoms with Crippen LogP contribution in [0.4, 0.5) is 5.88 Å². The fourth-order valence-electron chi connectivity index (χ4n) is 1.30. The quantitative estimate of drug-likeness (QED) is 0.619. The number of aryl methyl sites for hydroxylation is 1. The molecule has 0 atom stereocenters. The maximum atomic E-state index is 11.6. The highest BCUT2D eigenvalue weighted by molar-refractivity contribution is 5.88. The number of benzene rings is 1. The summed E-state index contributed by atoms with van der Waals surface area (Å²) in [5.41, 5.74) is 6.38. The Hall–Kier alpha value is -2.23. The normalized spacial score (nSPS) is 10.1. The Balaban J connectivity index is 2.13. The first kappa shape index (κ1) is 10.3. The standard InChI is InChI=1S/C12H11NO3/c1-8-3-2-4-9(7-8)15-12(14)10-5-6-11(13)16-10/h2-7H,13H2,1H3. The molecule has 4 nitrogen and oxygen atoms in total. The van der Waals surface area contributed by atoms with Crippen LogP contribution in [0.1, 0.15) is 16.1 Å². The Morgan fingerprint density at radius 2 is 2.12 bits per heavy atom. The third kappa shape index (κ3) is 2.23. The number of carbonyl (C=O) groups is 1. The number of rotatable bonds is 2. The summed E-state index contributed by atoms with van der Waals surface area (Å²) in [7, 11) is 0. The van der Waals surface area contributed by atoms with Gasteiger partial charge >= 0.3 is 5.97 Å². The first-order valence-corrected chi connectivity index (χ1v) is 4.79. The molecule has 0 aliphatic rings. The Bertz CT molecular complexity index is 516. The molecular formula is C12H11NO3. The van der Waals surface area contributed by atoms with E-state index in [1.165, 1.54) is 12.1 Å². The predicted octanol–water partition coefficient (Wildman–Crippen LogP) is 2.39. The first-order valence-electron chi connectivity index (χ1n) is 4.79. The second kappa shape index (κ2) is 4.10. The molecule has 0 spiro atoms. The maximum Gasteiger partial charge on any atom is 0.379 e. The van der Waals surface area contributed by atoms with Gasteiger partial charge in [0.05, 0.1) is 0 Å². The Morgan fingerprint density at radius 3 is 2.75 bits per heavy atom. The summed E-state index contributed by atoms with van der Waals surface area (Å²) in [5, 5.41) is 0. The van der Waals surface area contributed by atoms with E-state index in [-0.39, 0.29) is 11.6 Å². The van der Waals surface area contributed by atoms with Gasteiger partial charge in [-0.15, -0.1) is 0 Å². The molecule has 16 heavy (non-hydrogen) atoms. The zero-order chi connectivity index (χ0) is 11.5. The van der Waals surface area contributed by atoms with E-state index in [1.807, 2.05) is 19.1 Å². The van der Waals surface area contributed by atoms with Gasteiger partial charge in [0.25, 0.3) is 0 Å². The molecule has 0 radical (unpaired) electrons. The van der Waals surface area contributed by atoms with Crippen molar-refractivity contribution in [2.75, 3.05) is 5.73 Å². The molecular weight excluding hydrogens is 206 g/mol. The molecule has 0 saturated heterocycles. The smallest absolute Gasteiger partial charge is 0.379 e. The molecule has 2 N–H and O–H groups in total. The number of hydrogen-bond donors (Lipinski definition) is 1. The van der Waals surface area contributed by atoms with Gasteiger partial charge in [-0.25, -0.2) is 4.79 Å². The molecule has 4 heteroatoms. The Kier molecular flexibility index (Phi) is 2.64. The molecule has 1 aromatic heterocycles. The second-order valence-electron chi connectivity index (χ2n) is 3.41. The average Bonchev–Trinajstić information content (AvgIpc) is 2.65. The van der Waals surface area contributed by atoms with Crippen LogP contribution < -0.4 is 10.5 Å². The molecule has 0 bridgehead atoms. The SMILES string of the molecule is Cc1cccc(OC(=O)c2ccc(N)o2)c1. The van der Waals surface area contributed by atoms with Crippen LogP contribution in [0, 0.1) is 6.92 Å². The summed E-state index contributed by atoms with van der Waals surface area (Å²) in [4.78, 5) is 11.6. The summed E-state index contributed by atoms with van der Waals surface area (Å²) >= 11 is 0. The monoisotopic (exact) mass is 217 g/mol. The summed E-state index contributed by atoms with van der Waals surface area (Å²) in [6.07, 6.45) is 0. The van der Waals surface area contributed by atoms with E-state index in [9.17, 15) is 4.79 Å². The summed E-state index contributed by atoms with van der Waals surface area (Å²) in [5.74, 6) is 0.220. The van der Waals surface area contributed by atoms with E-state index < -0.39 is 5.97 Å². The summed E-state index contributed by atoms with van der Waals surface area (Å²) in [6, 6.07) is 10.2. The van der Waals surface area contributed by atoms with Crippen molar-refractivity contribution in [1.82, 2.24) is 0 Å².